The number of fused-ring (bicyclic) bond motifs is 2. The molecular weight excluding hydrogens is 312 g/mol. The first-order valence-electron chi connectivity index (χ1n) is 6.29. The van der Waals surface area contributed by atoms with Crippen molar-refractivity contribution in [2.45, 2.75) is 0 Å². The highest BCUT2D eigenvalue weighted by Gasteiger charge is 2.33. The summed E-state index contributed by atoms with van der Waals surface area (Å²) in [6.45, 7) is 1.79. The van der Waals surface area contributed by atoms with Gasteiger partial charge >= 0.3 is 0 Å². The Hall–Kier alpha value is -1.01. The molecule has 2 aliphatic heterocycles. The third-order valence-electron chi connectivity index (χ3n) is 3.41. The summed E-state index contributed by atoms with van der Waals surface area (Å²) in [5, 5.41) is 12.5. The van der Waals surface area contributed by atoms with Crippen molar-refractivity contribution < 1.29 is 5.11 Å². The number of nitrogens with zero attached hydrogens (tertiary/aromatic N) is 2. The van der Waals surface area contributed by atoms with Crippen LogP contribution in [-0.2, 0) is 0 Å². The number of hydrogen-bond donors (Lipinski definition) is 1. The van der Waals surface area contributed by atoms with Crippen LogP contribution in [0.4, 0.5) is 0 Å². The zero-order valence-corrected chi connectivity index (χ0v) is 12.9. The average molecular weight is 323 g/mol. The molecule has 0 atom stereocenters. The van der Waals surface area contributed by atoms with Crippen molar-refractivity contribution in [3.05, 3.63) is 39.1 Å². The zero-order chi connectivity index (χ0) is 13.7. The SMILES string of the molecule is OCC1=C(c2cc3cc(Cl)ccc3s2)N2CCN=C2S1. The smallest absolute Gasteiger partial charge is 0.168 e. The molecule has 6 heteroatoms. The summed E-state index contributed by atoms with van der Waals surface area (Å²) >= 11 is 9.37. The van der Waals surface area contributed by atoms with Crippen LogP contribution < -0.4 is 0 Å². The number of benzene rings is 1. The van der Waals surface area contributed by atoms with Gasteiger partial charge in [0.05, 0.1) is 23.7 Å². The van der Waals surface area contributed by atoms with Crippen molar-refractivity contribution >= 4 is 55.7 Å². The summed E-state index contributed by atoms with van der Waals surface area (Å²) in [4.78, 5) is 8.85. The second kappa shape index (κ2) is 4.77. The van der Waals surface area contributed by atoms with Gasteiger partial charge in [-0.1, -0.05) is 23.4 Å². The molecule has 0 unspecified atom stereocenters. The van der Waals surface area contributed by atoms with E-state index in [9.17, 15) is 5.11 Å². The number of thiophene rings is 1. The molecule has 1 aromatic heterocycles. The summed E-state index contributed by atoms with van der Waals surface area (Å²) in [7, 11) is 0. The summed E-state index contributed by atoms with van der Waals surface area (Å²) in [6.07, 6.45) is 0. The maximum absolute atomic E-state index is 9.60. The van der Waals surface area contributed by atoms with Gasteiger partial charge in [0.25, 0.3) is 0 Å². The van der Waals surface area contributed by atoms with E-state index in [0.29, 0.717) is 0 Å². The second-order valence-corrected chi connectivity index (χ2v) is 7.22. The molecule has 102 valence electrons. The predicted octanol–water partition coefficient (Wildman–Crippen LogP) is 3.63. The fraction of sp³-hybridized carbons (Fsp3) is 0.214. The first kappa shape index (κ1) is 12.7. The molecule has 0 radical (unpaired) electrons. The minimum Gasteiger partial charge on any atom is -0.391 e. The van der Waals surface area contributed by atoms with Gasteiger partial charge in [0.1, 0.15) is 0 Å². The first-order chi connectivity index (χ1) is 9.76. The Balaban J connectivity index is 1.86. The van der Waals surface area contributed by atoms with Gasteiger partial charge in [-0.2, -0.15) is 0 Å². The lowest BCUT2D eigenvalue weighted by molar-refractivity contribution is 0.339. The average Bonchev–Trinajstić information content (AvgIpc) is 3.09. The molecule has 1 aromatic carbocycles. The van der Waals surface area contributed by atoms with Crippen LogP contribution in [0.2, 0.25) is 5.02 Å². The Bertz CT molecular complexity index is 766. The quantitative estimate of drug-likeness (QED) is 0.917. The summed E-state index contributed by atoms with van der Waals surface area (Å²) in [6, 6.07) is 8.10. The van der Waals surface area contributed by atoms with Gasteiger partial charge in [-0.15, -0.1) is 11.3 Å². The molecule has 1 N–H and O–H groups in total. The van der Waals surface area contributed by atoms with Gasteiger partial charge in [0.2, 0.25) is 0 Å². The number of halogens is 1. The second-order valence-electron chi connectivity index (χ2n) is 4.64. The number of hydrogen-bond acceptors (Lipinski definition) is 5. The van der Waals surface area contributed by atoms with Crippen LogP contribution in [0, 0.1) is 0 Å². The van der Waals surface area contributed by atoms with E-state index in [-0.39, 0.29) is 6.61 Å². The van der Waals surface area contributed by atoms with Crippen LogP contribution in [0.15, 0.2) is 34.2 Å². The Morgan fingerprint density at radius 1 is 1.35 bits per heavy atom. The van der Waals surface area contributed by atoms with Crippen molar-refractivity contribution in [3.8, 4) is 0 Å². The highest BCUT2D eigenvalue weighted by molar-refractivity contribution is 8.17. The Morgan fingerprint density at radius 3 is 3.10 bits per heavy atom. The van der Waals surface area contributed by atoms with Crippen LogP contribution in [0.1, 0.15) is 4.88 Å². The van der Waals surface area contributed by atoms with Crippen LogP contribution in [0.5, 0.6) is 0 Å². The molecule has 20 heavy (non-hydrogen) atoms. The Morgan fingerprint density at radius 2 is 2.25 bits per heavy atom. The molecule has 0 amide bonds. The topological polar surface area (TPSA) is 35.8 Å². The van der Waals surface area contributed by atoms with Gasteiger partial charge in [0.15, 0.2) is 5.17 Å². The van der Waals surface area contributed by atoms with Gasteiger partial charge in [0, 0.05) is 21.2 Å². The zero-order valence-electron chi connectivity index (χ0n) is 10.5. The van der Waals surface area contributed by atoms with E-state index in [0.717, 1.165) is 39.3 Å². The maximum atomic E-state index is 9.60. The highest BCUT2D eigenvalue weighted by Crippen LogP contribution is 2.44. The third-order valence-corrected chi connectivity index (χ3v) is 5.86. The number of aliphatic hydroxyl groups is 1. The summed E-state index contributed by atoms with van der Waals surface area (Å²) in [5.41, 5.74) is 1.12. The minimum atomic E-state index is 0.0600. The molecule has 0 saturated heterocycles. The highest BCUT2D eigenvalue weighted by atomic mass is 35.5. The maximum Gasteiger partial charge on any atom is 0.168 e. The lowest BCUT2D eigenvalue weighted by Gasteiger charge is -2.15. The molecule has 0 spiro atoms. The lowest BCUT2D eigenvalue weighted by atomic mass is 10.2. The molecule has 2 aromatic rings. The van der Waals surface area contributed by atoms with Crippen LogP contribution in [0.25, 0.3) is 15.8 Å². The molecule has 0 aliphatic carbocycles. The molecule has 3 heterocycles. The largest absolute Gasteiger partial charge is 0.391 e. The van der Waals surface area contributed by atoms with Crippen molar-refractivity contribution in [1.29, 1.82) is 0 Å². The Kier molecular flexibility index (Phi) is 3.03. The fourth-order valence-electron chi connectivity index (χ4n) is 2.54. The predicted molar refractivity (Wildman–Crippen MR) is 87.4 cm³/mol. The van der Waals surface area contributed by atoms with Crippen LogP contribution in [0.3, 0.4) is 0 Å². The molecule has 0 bridgehead atoms. The van der Waals surface area contributed by atoms with E-state index in [1.807, 2.05) is 18.2 Å². The Labute approximate surface area is 129 Å². The summed E-state index contributed by atoms with van der Waals surface area (Å²) in [5.74, 6) is 0. The minimum absolute atomic E-state index is 0.0600. The number of aliphatic hydroxyl groups excluding tert-OH is 1. The van der Waals surface area contributed by atoms with E-state index < -0.39 is 0 Å². The summed E-state index contributed by atoms with van der Waals surface area (Å²) < 4.78 is 1.21. The van der Waals surface area contributed by atoms with Crippen molar-refractivity contribution in [2.24, 2.45) is 4.99 Å². The fourth-order valence-corrected chi connectivity index (χ4v) is 4.96. The van der Waals surface area contributed by atoms with E-state index in [1.54, 1.807) is 23.1 Å². The molecule has 0 fully saturated rings. The van der Waals surface area contributed by atoms with Gasteiger partial charge in [-0.3, -0.25) is 4.99 Å². The number of amidine groups is 1. The number of rotatable bonds is 2. The van der Waals surface area contributed by atoms with Crippen molar-refractivity contribution in [2.75, 3.05) is 19.7 Å². The van der Waals surface area contributed by atoms with Crippen molar-refractivity contribution in [1.82, 2.24) is 4.90 Å². The molecular formula is C14H11ClN2OS2. The van der Waals surface area contributed by atoms with Gasteiger partial charge in [-0.05, 0) is 29.7 Å². The van der Waals surface area contributed by atoms with Crippen LogP contribution in [-0.4, -0.2) is 34.9 Å². The van der Waals surface area contributed by atoms with Crippen molar-refractivity contribution in [3.63, 3.8) is 0 Å². The van der Waals surface area contributed by atoms with E-state index >= 15 is 0 Å². The standard InChI is InChI=1S/C14H11ClN2OS2/c15-9-1-2-10-8(5-9)6-11(19-10)13-12(7-18)20-14-16-3-4-17(13)14/h1-2,5-6,18H,3-4,7H2. The monoisotopic (exact) mass is 322 g/mol. The van der Waals surface area contributed by atoms with Gasteiger partial charge < -0.3 is 10.0 Å². The normalized spacial score (nSPS) is 18.1. The van der Waals surface area contributed by atoms with Gasteiger partial charge in [-0.25, -0.2) is 0 Å². The first-order valence-corrected chi connectivity index (χ1v) is 8.30. The molecule has 4 rings (SSSR count). The molecule has 2 aliphatic rings. The molecule has 3 nitrogen and oxygen atoms in total. The van der Waals surface area contributed by atoms with Crippen LogP contribution >= 0.6 is 34.7 Å². The number of aliphatic imine (C=N–C) groups is 1. The molecule has 0 saturated carbocycles. The number of thioether (sulfide) groups is 1. The van der Waals surface area contributed by atoms with E-state index in [2.05, 4.69) is 16.0 Å². The lowest BCUT2D eigenvalue weighted by Crippen LogP contribution is -2.19. The third kappa shape index (κ3) is 1.89. The van der Waals surface area contributed by atoms with E-state index in [1.165, 1.54) is 9.58 Å². The van der Waals surface area contributed by atoms with E-state index in [4.69, 9.17) is 11.6 Å².